The van der Waals surface area contributed by atoms with Crippen LogP contribution in [0.25, 0.3) is 0 Å². The molecule has 106 valence electrons. The third-order valence-corrected chi connectivity index (χ3v) is 5.14. The summed E-state index contributed by atoms with van der Waals surface area (Å²) in [4.78, 5) is 0. The van der Waals surface area contributed by atoms with Crippen LogP contribution in [0.15, 0.2) is 12.1 Å². The minimum absolute atomic E-state index is 0.214. The van der Waals surface area contributed by atoms with Crippen molar-refractivity contribution in [1.82, 2.24) is 0 Å². The highest BCUT2D eigenvalue weighted by Crippen LogP contribution is 2.68. The van der Waals surface area contributed by atoms with Gasteiger partial charge in [0, 0.05) is 18.7 Å². The zero-order valence-electron chi connectivity index (χ0n) is 12.3. The first-order valence-corrected chi connectivity index (χ1v) is 6.58. The molecule has 3 N–H and O–H groups in total. The fourth-order valence-corrected chi connectivity index (χ4v) is 2.93. The van der Waals surface area contributed by atoms with E-state index in [0.717, 1.165) is 12.2 Å². The number of methoxy groups -OCH3 is 1. The molecule has 0 aromatic heterocycles. The first-order chi connectivity index (χ1) is 8.71. The van der Waals surface area contributed by atoms with Crippen LogP contribution in [0.2, 0.25) is 0 Å². The summed E-state index contributed by atoms with van der Waals surface area (Å²) in [5.74, 6) is 0.360. The molecule has 1 saturated carbocycles. The van der Waals surface area contributed by atoms with Gasteiger partial charge in [0.15, 0.2) is 11.6 Å². The SMILES string of the molecule is COc1cc(NCC2C(C)(C)C2(C)C)c(N)cc1F. The molecule has 1 aliphatic rings. The Kier molecular flexibility index (Phi) is 3.15. The Balaban J connectivity index is 2.09. The normalized spacial score (nSPS) is 20.1. The quantitative estimate of drug-likeness (QED) is 0.820. The summed E-state index contributed by atoms with van der Waals surface area (Å²) in [7, 11) is 1.45. The number of anilines is 2. The minimum atomic E-state index is -0.433. The molecule has 0 saturated heterocycles. The highest BCUT2D eigenvalue weighted by molar-refractivity contribution is 5.68. The van der Waals surface area contributed by atoms with E-state index in [4.69, 9.17) is 10.5 Å². The first-order valence-electron chi connectivity index (χ1n) is 6.58. The number of halogens is 1. The summed E-state index contributed by atoms with van der Waals surface area (Å²) in [6, 6.07) is 2.91. The van der Waals surface area contributed by atoms with Crippen LogP contribution in [0, 0.1) is 22.6 Å². The number of nitrogens with two attached hydrogens (primary N) is 1. The Morgan fingerprint density at radius 2 is 1.84 bits per heavy atom. The van der Waals surface area contributed by atoms with E-state index < -0.39 is 5.82 Å². The van der Waals surface area contributed by atoms with Gasteiger partial charge >= 0.3 is 0 Å². The van der Waals surface area contributed by atoms with Crippen LogP contribution < -0.4 is 15.8 Å². The largest absolute Gasteiger partial charge is 0.494 e. The molecular weight excluding hydrogens is 243 g/mol. The summed E-state index contributed by atoms with van der Waals surface area (Å²) in [5, 5.41) is 3.32. The number of hydrogen-bond donors (Lipinski definition) is 2. The smallest absolute Gasteiger partial charge is 0.167 e. The summed E-state index contributed by atoms with van der Waals surface area (Å²) in [6.07, 6.45) is 0. The van der Waals surface area contributed by atoms with Gasteiger partial charge in [-0.3, -0.25) is 0 Å². The topological polar surface area (TPSA) is 47.3 Å². The van der Waals surface area contributed by atoms with Gasteiger partial charge in [-0.15, -0.1) is 0 Å². The van der Waals surface area contributed by atoms with E-state index in [2.05, 4.69) is 33.0 Å². The van der Waals surface area contributed by atoms with Crippen molar-refractivity contribution >= 4 is 11.4 Å². The van der Waals surface area contributed by atoms with Crippen molar-refractivity contribution in [2.24, 2.45) is 16.7 Å². The molecule has 0 aliphatic heterocycles. The lowest BCUT2D eigenvalue weighted by Gasteiger charge is -2.12. The number of hydrogen-bond acceptors (Lipinski definition) is 3. The van der Waals surface area contributed by atoms with Gasteiger partial charge in [0.2, 0.25) is 0 Å². The van der Waals surface area contributed by atoms with Crippen molar-refractivity contribution in [1.29, 1.82) is 0 Å². The Morgan fingerprint density at radius 3 is 2.32 bits per heavy atom. The van der Waals surface area contributed by atoms with E-state index in [1.807, 2.05) is 0 Å². The van der Waals surface area contributed by atoms with Gasteiger partial charge in [-0.05, 0) is 16.7 Å². The molecule has 4 heteroatoms. The van der Waals surface area contributed by atoms with E-state index >= 15 is 0 Å². The third-order valence-electron chi connectivity index (χ3n) is 5.14. The zero-order valence-corrected chi connectivity index (χ0v) is 12.3. The van der Waals surface area contributed by atoms with E-state index in [-0.39, 0.29) is 5.75 Å². The van der Waals surface area contributed by atoms with Crippen LogP contribution in [0.4, 0.5) is 15.8 Å². The highest BCUT2D eigenvalue weighted by atomic mass is 19.1. The predicted molar refractivity (Wildman–Crippen MR) is 76.9 cm³/mol. The molecular formula is C15H23FN2O. The Bertz CT molecular complexity index is 483. The average molecular weight is 266 g/mol. The Labute approximate surface area is 114 Å². The molecule has 0 atom stereocenters. The predicted octanol–water partition coefficient (Wildman–Crippen LogP) is 3.51. The molecule has 1 fully saturated rings. The van der Waals surface area contributed by atoms with Gasteiger partial charge < -0.3 is 15.8 Å². The number of nitrogens with one attached hydrogen (secondary N) is 1. The molecule has 1 aliphatic carbocycles. The number of nitrogen functional groups attached to an aromatic ring is 1. The molecule has 19 heavy (non-hydrogen) atoms. The maximum Gasteiger partial charge on any atom is 0.167 e. The van der Waals surface area contributed by atoms with Crippen molar-refractivity contribution in [2.75, 3.05) is 24.7 Å². The van der Waals surface area contributed by atoms with Gasteiger partial charge in [0.25, 0.3) is 0 Å². The first kappa shape index (κ1) is 14.0. The van der Waals surface area contributed by atoms with Crippen molar-refractivity contribution in [3.05, 3.63) is 17.9 Å². The fourth-order valence-electron chi connectivity index (χ4n) is 2.93. The van der Waals surface area contributed by atoms with Crippen molar-refractivity contribution in [3.63, 3.8) is 0 Å². The fraction of sp³-hybridized carbons (Fsp3) is 0.600. The Morgan fingerprint density at radius 1 is 1.26 bits per heavy atom. The molecule has 1 aromatic carbocycles. The number of benzene rings is 1. The second-order valence-corrected chi connectivity index (χ2v) is 6.45. The second-order valence-electron chi connectivity index (χ2n) is 6.45. The van der Waals surface area contributed by atoms with Crippen molar-refractivity contribution in [2.45, 2.75) is 27.7 Å². The maximum absolute atomic E-state index is 13.5. The number of rotatable bonds is 4. The molecule has 0 radical (unpaired) electrons. The summed E-state index contributed by atoms with van der Waals surface area (Å²) < 4.78 is 18.4. The van der Waals surface area contributed by atoms with Crippen molar-refractivity contribution < 1.29 is 9.13 Å². The highest BCUT2D eigenvalue weighted by Gasteiger charge is 2.64. The summed E-state index contributed by atoms with van der Waals surface area (Å²) >= 11 is 0. The minimum Gasteiger partial charge on any atom is -0.494 e. The monoisotopic (exact) mass is 266 g/mol. The van der Waals surface area contributed by atoms with E-state index in [0.29, 0.717) is 22.4 Å². The van der Waals surface area contributed by atoms with Crippen LogP contribution in [-0.2, 0) is 0 Å². The lowest BCUT2D eigenvalue weighted by Crippen LogP contribution is -2.10. The van der Waals surface area contributed by atoms with E-state index in [9.17, 15) is 4.39 Å². The molecule has 2 rings (SSSR count). The second kappa shape index (κ2) is 4.29. The summed E-state index contributed by atoms with van der Waals surface area (Å²) in [5.41, 5.74) is 7.61. The summed E-state index contributed by atoms with van der Waals surface area (Å²) in [6.45, 7) is 9.92. The molecule has 3 nitrogen and oxygen atoms in total. The van der Waals surface area contributed by atoms with Gasteiger partial charge in [0.1, 0.15) is 0 Å². The van der Waals surface area contributed by atoms with Gasteiger partial charge in [-0.1, -0.05) is 27.7 Å². The van der Waals surface area contributed by atoms with E-state index in [1.54, 1.807) is 6.07 Å². The van der Waals surface area contributed by atoms with Crippen LogP contribution in [-0.4, -0.2) is 13.7 Å². The lowest BCUT2D eigenvalue weighted by molar-refractivity contribution is 0.387. The van der Waals surface area contributed by atoms with Crippen molar-refractivity contribution in [3.8, 4) is 5.75 Å². The Hall–Kier alpha value is -1.45. The number of ether oxygens (including phenoxy) is 1. The zero-order chi connectivity index (χ0) is 14.4. The standard InChI is InChI=1S/C15H23FN2O/c1-14(2)13(15(14,3)4)8-18-11-7-12(19-5)9(16)6-10(11)17/h6-7,13,18H,8,17H2,1-5H3. The van der Waals surface area contributed by atoms with Gasteiger partial charge in [0.05, 0.1) is 18.5 Å². The van der Waals surface area contributed by atoms with Crippen LogP contribution >= 0.6 is 0 Å². The van der Waals surface area contributed by atoms with Crippen LogP contribution in [0.1, 0.15) is 27.7 Å². The van der Waals surface area contributed by atoms with Crippen LogP contribution in [0.5, 0.6) is 5.75 Å². The van der Waals surface area contributed by atoms with E-state index in [1.165, 1.54) is 13.2 Å². The molecule has 0 unspecified atom stereocenters. The molecule has 0 heterocycles. The maximum atomic E-state index is 13.5. The van der Waals surface area contributed by atoms with Crippen LogP contribution in [0.3, 0.4) is 0 Å². The molecule has 0 bridgehead atoms. The molecule has 0 spiro atoms. The van der Waals surface area contributed by atoms with Gasteiger partial charge in [-0.2, -0.15) is 0 Å². The molecule has 1 aromatic rings. The third kappa shape index (κ3) is 2.13. The average Bonchev–Trinajstić information content (AvgIpc) is 2.69. The van der Waals surface area contributed by atoms with Gasteiger partial charge in [-0.25, -0.2) is 4.39 Å². The molecule has 0 amide bonds. The lowest BCUT2D eigenvalue weighted by atomic mass is 10.0.